The van der Waals surface area contributed by atoms with Gasteiger partial charge in [0, 0.05) is 12.8 Å². The Morgan fingerprint density at radius 3 is 1.42 bits per heavy atom. The lowest BCUT2D eigenvalue weighted by atomic mass is 9.98. The second kappa shape index (κ2) is 33.1. The first-order valence-electron chi connectivity index (χ1n) is 24.5. The summed E-state index contributed by atoms with van der Waals surface area (Å²) in [4.78, 5) is 145. The quantitative estimate of drug-likeness (QED) is 0.0310. The molecule has 74 heavy (non-hydrogen) atoms. The molecule has 0 aliphatic carbocycles. The minimum absolute atomic E-state index is 0.00325. The molecule has 26 nitrogen and oxygen atoms in total. The molecule has 0 aromatic heterocycles. The highest BCUT2D eigenvalue weighted by atomic mass is 16.4. The molecule has 1 aromatic carbocycles. The van der Waals surface area contributed by atoms with Crippen LogP contribution in [0.15, 0.2) is 30.3 Å². The predicted octanol–water partition coefficient (Wildman–Crippen LogP) is -4.33. The maximum absolute atomic E-state index is 14.1. The number of nitrogens with one attached hydrogen (secondary N) is 9. The highest BCUT2D eigenvalue weighted by molar-refractivity contribution is 5.98. The van der Waals surface area contributed by atoms with Crippen LogP contribution in [0.1, 0.15) is 93.1 Å². The van der Waals surface area contributed by atoms with Gasteiger partial charge in [-0.05, 0) is 48.5 Å². The second-order valence-corrected chi connectivity index (χ2v) is 19.2. The number of hydrogen-bond donors (Lipinski definition) is 15. The van der Waals surface area contributed by atoms with Crippen LogP contribution in [0, 0.1) is 23.7 Å². The van der Waals surface area contributed by atoms with Crippen LogP contribution < -0.4 is 59.3 Å². The van der Waals surface area contributed by atoms with Crippen LogP contribution in [0.2, 0.25) is 0 Å². The van der Waals surface area contributed by atoms with Gasteiger partial charge in [-0.3, -0.25) is 47.9 Å². The molecule has 0 bridgehead atoms. The summed E-state index contributed by atoms with van der Waals surface area (Å²) in [7, 11) is 0. The number of aliphatic hydroxyl groups is 3. The van der Waals surface area contributed by atoms with E-state index in [2.05, 4.69) is 47.9 Å². The molecule has 10 atom stereocenters. The molecule has 1 aromatic rings. The summed E-state index contributed by atoms with van der Waals surface area (Å²) in [6.45, 7) is 10.2. The van der Waals surface area contributed by atoms with E-state index >= 15 is 0 Å². The lowest BCUT2D eigenvalue weighted by Gasteiger charge is -2.29. The molecule has 0 fully saturated rings. The smallest absolute Gasteiger partial charge is 0.326 e. The first-order valence-corrected chi connectivity index (χ1v) is 24.5. The molecule has 10 amide bonds. The molecule has 0 saturated carbocycles. The molecule has 0 unspecified atom stereocenters. The van der Waals surface area contributed by atoms with Crippen LogP contribution in [0.25, 0.3) is 0 Å². The van der Waals surface area contributed by atoms with Gasteiger partial charge in [-0.15, -0.1) is 0 Å². The Hall–Kier alpha value is -6.77. The Balaban J connectivity index is 3.40. The lowest BCUT2D eigenvalue weighted by Crippen LogP contribution is -2.61. The largest absolute Gasteiger partial charge is 0.480 e. The maximum atomic E-state index is 14.1. The van der Waals surface area contributed by atoms with E-state index in [1.807, 2.05) is 0 Å². The third kappa shape index (κ3) is 23.4. The Bertz CT molecular complexity index is 2060. The zero-order valence-corrected chi connectivity index (χ0v) is 43.4. The van der Waals surface area contributed by atoms with E-state index in [-0.39, 0.29) is 37.5 Å². The molecule has 0 aliphatic heterocycles. The number of aliphatic carboxylic acids is 1. The van der Waals surface area contributed by atoms with E-state index in [1.165, 1.54) is 0 Å². The predicted molar refractivity (Wildman–Crippen MR) is 267 cm³/mol. The Kier molecular flexibility index (Phi) is 29.2. The molecular weight excluding hydrogens is 971 g/mol. The monoisotopic (exact) mass is 1050 g/mol. The number of carbonyl (C=O) groups excluding carboxylic acids is 10. The highest BCUT2D eigenvalue weighted by Gasteiger charge is 2.36. The van der Waals surface area contributed by atoms with Crippen molar-refractivity contribution >= 4 is 65.0 Å². The number of carboxylic acid groups (broad SMARTS) is 1. The highest BCUT2D eigenvalue weighted by Crippen LogP contribution is 2.13. The van der Waals surface area contributed by atoms with Crippen molar-refractivity contribution in [3.8, 4) is 0 Å². The summed E-state index contributed by atoms with van der Waals surface area (Å²) in [6, 6.07) is -4.40. The van der Waals surface area contributed by atoms with Crippen molar-refractivity contribution in [3.63, 3.8) is 0 Å². The molecule has 0 radical (unpaired) electrons. The lowest BCUT2D eigenvalue weighted by molar-refractivity contribution is -0.143. The molecule has 416 valence electrons. The number of carbonyl (C=O) groups is 11. The average Bonchev–Trinajstić information content (AvgIpc) is 3.34. The van der Waals surface area contributed by atoms with Gasteiger partial charge in [0.2, 0.25) is 59.1 Å². The number of nitrogens with two attached hydrogens (primary N) is 2. The van der Waals surface area contributed by atoms with Gasteiger partial charge < -0.3 is 79.7 Å². The Labute approximate surface area is 430 Å². The van der Waals surface area contributed by atoms with E-state index in [4.69, 9.17) is 16.6 Å². The topological polar surface area (TPSA) is 429 Å². The fraction of sp³-hybridized carbons (Fsp3) is 0.646. The van der Waals surface area contributed by atoms with Crippen molar-refractivity contribution in [3.05, 3.63) is 35.9 Å². The molecule has 0 spiro atoms. The number of aliphatic hydroxyl groups excluding tert-OH is 3. The molecular formula is C48H79N11O15. The van der Waals surface area contributed by atoms with Crippen molar-refractivity contribution in [2.75, 3.05) is 26.4 Å². The summed E-state index contributed by atoms with van der Waals surface area (Å²) in [5, 5.41) is 60.3. The van der Waals surface area contributed by atoms with E-state index in [0.29, 0.717) is 12.0 Å². The van der Waals surface area contributed by atoms with Gasteiger partial charge in [-0.1, -0.05) is 92.1 Å². The fourth-order valence-corrected chi connectivity index (χ4v) is 7.11. The molecule has 0 saturated heterocycles. The molecule has 1 rings (SSSR count). The number of rotatable bonds is 34. The van der Waals surface area contributed by atoms with Crippen LogP contribution in [0.4, 0.5) is 0 Å². The number of benzene rings is 1. The maximum Gasteiger partial charge on any atom is 0.326 e. The van der Waals surface area contributed by atoms with Gasteiger partial charge in [0.05, 0.1) is 26.4 Å². The number of primary amides is 1. The number of hydrogen-bond acceptors (Lipinski definition) is 15. The SMILES string of the molecule is CC[C@H](C)[C@H](NC(=O)CNC(=O)[C@H](Cc1ccccc1)NC(=O)[C@@H](NC(=O)[C@H](CC(C)C)NC(=O)[C@H](CCC(N)=O)NC(=O)[C@H](CC(C)C)NC(=O)[C@H](CO)NC(=O)[C@H](CO)NC(=O)[C@@H](N)CO)C(C)C)C(=O)O. The van der Waals surface area contributed by atoms with E-state index < -0.39 is 164 Å². The first kappa shape index (κ1) is 65.2. The molecule has 0 aliphatic rings. The second-order valence-electron chi connectivity index (χ2n) is 19.2. The Morgan fingerprint density at radius 2 is 0.973 bits per heavy atom. The minimum atomic E-state index is -1.73. The van der Waals surface area contributed by atoms with Gasteiger partial charge in [0.1, 0.15) is 54.4 Å². The average molecular weight is 1050 g/mol. The van der Waals surface area contributed by atoms with Crippen LogP contribution in [0.3, 0.4) is 0 Å². The summed E-state index contributed by atoms with van der Waals surface area (Å²) in [5.74, 6) is -12.0. The fourth-order valence-electron chi connectivity index (χ4n) is 7.11. The van der Waals surface area contributed by atoms with Crippen molar-refractivity contribution in [2.45, 2.75) is 148 Å². The first-order chi connectivity index (χ1) is 34.7. The summed E-state index contributed by atoms with van der Waals surface area (Å²) < 4.78 is 0. The number of carboxylic acids is 1. The zero-order valence-electron chi connectivity index (χ0n) is 43.4. The van der Waals surface area contributed by atoms with E-state index in [1.54, 1.807) is 85.7 Å². The molecule has 17 N–H and O–H groups in total. The molecule has 0 heterocycles. The molecule has 26 heteroatoms. The zero-order chi connectivity index (χ0) is 56.4. The van der Waals surface area contributed by atoms with Crippen LogP contribution in [-0.4, -0.2) is 166 Å². The van der Waals surface area contributed by atoms with Crippen molar-refractivity contribution in [1.29, 1.82) is 0 Å². The number of amides is 10. The normalized spacial score (nSPS) is 15.3. The standard InChI is InChI=1S/C48H79N11O15/c1-9-27(8)39(48(73)74)58-37(64)20-51-41(66)33(19-28-13-11-10-12-14-28)55-47(72)38(26(6)7)59-44(69)32(18-25(4)5)53-42(67)30(15-16-36(50)63)52-43(68)31(17-24(2)3)54-45(70)35(23-62)57-46(71)34(22-61)56-40(65)29(49)21-60/h10-14,24-27,29-35,38-39,60-62H,9,15-23,49H2,1-8H3,(H2,50,63)(H,51,66)(H,52,68)(H,53,67)(H,54,70)(H,55,72)(H,56,65)(H,57,71)(H,58,64)(H,59,69)(H,73,74)/t27-,29-,30-,31-,32-,33-,34-,35-,38-,39-/m0/s1. The van der Waals surface area contributed by atoms with Gasteiger partial charge in [0.15, 0.2) is 0 Å². The summed E-state index contributed by atoms with van der Waals surface area (Å²) >= 11 is 0. The van der Waals surface area contributed by atoms with Gasteiger partial charge in [-0.25, -0.2) is 4.79 Å². The van der Waals surface area contributed by atoms with Gasteiger partial charge in [0.25, 0.3) is 0 Å². The van der Waals surface area contributed by atoms with Crippen LogP contribution >= 0.6 is 0 Å². The third-order valence-corrected chi connectivity index (χ3v) is 11.5. The van der Waals surface area contributed by atoms with Crippen LogP contribution in [0.5, 0.6) is 0 Å². The van der Waals surface area contributed by atoms with Crippen molar-refractivity contribution in [2.24, 2.45) is 35.1 Å². The summed E-state index contributed by atoms with van der Waals surface area (Å²) in [5.41, 5.74) is 11.5. The summed E-state index contributed by atoms with van der Waals surface area (Å²) in [6.07, 6.45) is -0.468. The van der Waals surface area contributed by atoms with E-state index in [0.717, 1.165) is 0 Å². The van der Waals surface area contributed by atoms with Crippen molar-refractivity contribution < 1.29 is 73.2 Å². The third-order valence-electron chi connectivity index (χ3n) is 11.5. The van der Waals surface area contributed by atoms with Gasteiger partial charge >= 0.3 is 5.97 Å². The van der Waals surface area contributed by atoms with E-state index in [9.17, 15) is 68.1 Å². The van der Waals surface area contributed by atoms with Gasteiger partial charge in [-0.2, -0.15) is 0 Å². The minimum Gasteiger partial charge on any atom is -0.480 e. The van der Waals surface area contributed by atoms with Crippen molar-refractivity contribution in [1.82, 2.24) is 47.9 Å². The Morgan fingerprint density at radius 1 is 0.527 bits per heavy atom. The van der Waals surface area contributed by atoms with Crippen LogP contribution in [-0.2, 0) is 59.2 Å².